The second-order valence-corrected chi connectivity index (χ2v) is 3.03. The van der Waals surface area contributed by atoms with Crippen molar-refractivity contribution in [2.75, 3.05) is 5.32 Å². The second-order valence-electron chi connectivity index (χ2n) is 3.03. The van der Waals surface area contributed by atoms with E-state index in [1.54, 1.807) is 18.4 Å². The first-order valence-corrected chi connectivity index (χ1v) is 4.31. The summed E-state index contributed by atoms with van der Waals surface area (Å²) < 4.78 is 0. The molecule has 0 fully saturated rings. The van der Waals surface area contributed by atoms with Crippen molar-refractivity contribution in [1.82, 2.24) is 0 Å². The quantitative estimate of drug-likeness (QED) is 0.698. The van der Waals surface area contributed by atoms with Crippen LogP contribution in [0, 0.1) is 0 Å². The summed E-state index contributed by atoms with van der Waals surface area (Å²) in [6.45, 7) is 0. The van der Waals surface area contributed by atoms with E-state index < -0.39 is 5.91 Å². The highest BCUT2D eigenvalue weighted by molar-refractivity contribution is 6.00. The fourth-order valence-corrected chi connectivity index (χ4v) is 1.34. The molecule has 0 aromatic heterocycles. The van der Waals surface area contributed by atoms with Gasteiger partial charge < -0.3 is 11.1 Å². The van der Waals surface area contributed by atoms with Gasteiger partial charge in [0.1, 0.15) is 0 Å². The van der Waals surface area contributed by atoms with Crippen LogP contribution >= 0.6 is 0 Å². The largest absolute Gasteiger partial charge is 0.366 e. The van der Waals surface area contributed by atoms with E-state index in [1.807, 2.05) is 24.3 Å². The highest BCUT2D eigenvalue weighted by Crippen LogP contribution is 2.21. The Morgan fingerprint density at radius 1 is 1.29 bits per heavy atom. The number of anilines is 1. The van der Waals surface area contributed by atoms with Gasteiger partial charge in [-0.15, -0.1) is 0 Å². The molecule has 1 amide bonds. The minimum atomic E-state index is -0.417. The van der Waals surface area contributed by atoms with Gasteiger partial charge in [0.15, 0.2) is 0 Å². The van der Waals surface area contributed by atoms with Crippen LogP contribution in [0.15, 0.2) is 42.1 Å². The number of para-hydroxylation sites is 1. The van der Waals surface area contributed by atoms with E-state index >= 15 is 0 Å². The number of carbonyl (C=O) groups is 1. The van der Waals surface area contributed by atoms with Crippen LogP contribution in [0.1, 0.15) is 5.56 Å². The van der Waals surface area contributed by atoms with Crippen molar-refractivity contribution in [3.63, 3.8) is 0 Å². The van der Waals surface area contributed by atoms with E-state index in [2.05, 4.69) is 5.32 Å². The molecule has 0 radical (unpaired) electrons. The highest BCUT2D eigenvalue weighted by Gasteiger charge is 2.06. The fourth-order valence-electron chi connectivity index (χ4n) is 1.34. The van der Waals surface area contributed by atoms with Gasteiger partial charge in [-0.05, 0) is 23.8 Å². The number of carbonyl (C=O) groups excluding carboxylic acids is 1. The minimum Gasteiger partial charge on any atom is -0.366 e. The van der Waals surface area contributed by atoms with Gasteiger partial charge in [0.25, 0.3) is 0 Å². The Labute approximate surface area is 81.9 Å². The Balaban J connectivity index is 2.51. The molecule has 70 valence electrons. The van der Waals surface area contributed by atoms with Crippen molar-refractivity contribution in [3.05, 3.63) is 47.7 Å². The van der Waals surface area contributed by atoms with Crippen LogP contribution in [0.4, 0.5) is 5.69 Å². The van der Waals surface area contributed by atoms with Gasteiger partial charge in [-0.2, -0.15) is 0 Å². The molecule has 1 aromatic rings. The van der Waals surface area contributed by atoms with Crippen molar-refractivity contribution in [1.29, 1.82) is 0 Å². The highest BCUT2D eigenvalue weighted by atomic mass is 16.1. The minimum absolute atomic E-state index is 0.417. The van der Waals surface area contributed by atoms with E-state index in [9.17, 15) is 4.79 Å². The molecule has 0 aliphatic carbocycles. The molecule has 3 N–H and O–H groups in total. The lowest BCUT2D eigenvalue weighted by atomic mass is 10.1. The number of hydrogen-bond donors (Lipinski definition) is 2. The molecule has 1 aliphatic heterocycles. The summed E-state index contributed by atoms with van der Waals surface area (Å²) in [4.78, 5) is 11.0. The number of amides is 1. The Hall–Kier alpha value is -2.03. The van der Waals surface area contributed by atoms with Crippen LogP contribution in [0.2, 0.25) is 0 Å². The maximum Gasteiger partial charge on any atom is 0.248 e. The van der Waals surface area contributed by atoms with Crippen LogP contribution in [-0.4, -0.2) is 5.91 Å². The van der Waals surface area contributed by atoms with Gasteiger partial charge in [-0.25, -0.2) is 0 Å². The first kappa shape index (κ1) is 8.56. The summed E-state index contributed by atoms with van der Waals surface area (Å²) >= 11 is 0. The maximum absolute atomic E-state index is 11.0. The van der Waals surface area contributed by atoms with Crippen molar-refractivity contribution >= 4 is 17.7 Å². The zero-order valence-electron chi connectivity index (χ0n) is 7.53. The molecule has 0 saturated heterocycles. The Kier molecular flexibility index (Phi) is 2.07. The third-order valence-corrected chi connectivity index (χ3v) is 2.06. The molecule has 0 spiro atoms. The predicted molar refractivity (Wildman–Crippen MR) is 56.4 cm³/mol. The number of fused-ring (bicyclic) bond motifs is 1. The topological polar surface area (TPSA) is 55.1 Å². The Morgan fingerprint density at radius 3 is 2.86 bits per heavy atom. The SMILES string of the molecule is NC(=O)C1=Cc2ccccc2NC=C1. The molecule has 0 bridgehead atoms. The van der Waals surface area contributed by atoms with Gasteiger partial charge in [0.05, 0.1) is 0 Å². The third-order valence-electron chi connectivity index (χ3n) is 2.06. The number of benzene rings is 1. The van der Waals surface area contributed by atoms with Crippen molar-refractivity contribution in [2.24, 2.45) is 5.73 Å². The summed E-state index contributed by atoms with van der Waals surface area (Å²) in [7, 11) is 0. The molecule has 0 saturated carbocycles. The van der Waals surface area contributed by atoms with E-state index in [1.165, 1.54) is 0 Å². The van der Waals surface area contributed by atoms with Gasteiger partial charge >= 0.3 is 0 Å². The molecular formula is C11H10N2O. The zero-order chi connectivity index (χ0) is 9.97. The molecule has 0 unspecified atom stereocenters. The molecule has 1 aromatic carbocycles. The van der Waals surface area contributed by atoms with Crippen molar-refractivity contribution < 1.29 is 4.79 Å². The standard InChI is InChI=1S/C11H10N2O/c12-11(14)9-5-6-13-10-4-2-1-3-8(10)7-9/h1-7,13H,(H2,12,14). The zero-order valence-corrected chi connectivity index (χ0v) is 7.53. The lowest BCUT2D eigenvalue weighted by Gasteiger charge is -2.02. The number of rotatable bonds is 1. The first-order valence-electron chi connectivity index (χ1n) is 4.31. The third kappa shape index (κ3) is 1.52. The summed E-state index contributed by atoms with van der Waals surface area (Å²) in [5.74, 6) is -0.417. The monoisotopic (exact) mass is 186 g/mol. The van der Waals surface area contributed by atoms with Gasteiger partial charge in [0, 0.05) is 17.5 Å². The van der Waals surface area contributed by atoms with E-state index in [4.69, 9.17) is 5.73 Å². The molecule has 1 heterocycles. The number of primary amides is 1. The van der Waals surface area contributed by atoms with Crippen LogP contribution < -0.4 is 11.1 Å². The van der Waals surface area contributed by atoms with E-state index in [0.717, 1.165) is 11.3 Å². The molecule has 14 heavy (non-hydrogen) atoms. The van der Waals surface area contributed by atoms with E-state index in [-0.39, 0.29) is 0 Å². The average Bonchev–Trinajstić information content (AvgIpc) is 2.39. The van der Waals surface area contributed by atoms with Crippen LogP contribution in [-0.2, 0) is 4.79 Å². The molecule has 1 aliphatic rings. The first-order chi connectivity index (χ1) is 6.77. The molecule has 2 rings (SSSR count). The summed E-state index contributed by atoms with van der Waals surface area (Å²) in [5, 5.41) is 3.07. The van der Waals surface area contributed by atoms with Crippen LogP contribution in [0.5, 0.6) is 0 Å². The van der Waals surface area contributed by atoms with Gasteiger partial charge in [-0.3, -0.25) is 4.79 Å². The summed E-state index contributed by atoms with van der Waals surface area (Å²) in [6.07, 6.45) is 5.15. The van der Waals surface area contributed by atoms with Crippen LogP contribution in [0.25, 0.3) is 6.08 Å². The van der Waals surface area contributed by atoms with Crippen LogP contribution in [0.3, 0.4) is 0 Å². The fraction of sp³-hybridized carbons (Fsp3) is 0. The Bertz CT molecular complexity index is 433. The van der Waals surface area contributed by atoms with E-state index in [0.29, 0.717) is 5.57 Å². The normalized spacial score (nSPS) is 13.6. The summed E-state index contributed by atoms with van der Waals surface area (Å²) in [5.41, 5.74) is 7.65. The Morgan fingerprint density at radius 2 is 2.07 bits per heavy atom. The summed E-state index contributed by atoms with van der Waals surface area (Å²) in [6, 6.07) is 7.72. The molecule has 3 heteroatoms. The number of hydrogen-bond acceptors (Lipinski definition) is 2. The van der Waals surface area contributed by atoms with Gasteiger partial charge in [0.2, 0.25) is 5.91 Å². The number of nitrogens with two attached hydrogens (primary N) is 1. The average molecular weight is 186 g/mol. The molecule has 0 atom stereocenters. The van der Waals surface area contributed by atoms with Gasteiger partial charge in [-0.1, -0.05) is 18.2 Å². The predicted octanol–water partition coefficient (Wildman–Crippen LogP) is 1.49. The molecular weight excluding hydrogens is 176 g/mol. The lowest BCUT2D eigenvalue weighted by molar-refractivity contribution is -0.114. The van der Waals surface area contributed by atoms with Crippen molar-refractivity contribution in [3.8, 4) is 0 Å². The smallest absolute Gasteiger partial charge is 0.248 e. The van der Waals surface area contributed by atoms with Crippen molar-refractivity contribution in [2.45, 2.75) is 0 Å². The second kappa shape index (κ2) is 3.38. The number of nitrogens with one attached hydrogen (secondary N) is 1. The maximum atomic E-state index is 11.0. The lowest BCUT2D eigenvalue weighted by Crippen LogP contribution is -2.11. The molecule has 3 nitrogen and oxygen atoms in total.